The molecule has 11 heteroatoms. The Labute approximate surface area is 168 Å². The molecule has 2 saturated heterocycles. The second-order valence-corrected chi connectivity index (χ2v) is 7.47. The van der Waals surface area contributed by atoms with E-state index in [1.165, 1.54) is 11.8 Å². The van der Waals surface area contributed by atoms with Crippen molar-refractivity contribution in [3.8, 4) is 0 Å². The van der Waals surface area contributed by atoms with Crippen LogP contribution < -0.4 is 21.7 Å². The number of primary amides is 1. The Morgan fingerprint density at radius 3 is 2.48 bits per heavy atom. The Morgan fingerprint density at radius 2 is 1.90 bits per heavy atom. The van der Waals surface area contributed by atoms with E-state index in [9.17, 15) is 29.1 Å². The molecule has 2 fully saturated rings. The molecule has 162 valence electrons. The Balaban J connectivity index is 1.99. The molecule has 11 nitrogen and oxygen atoms in total. The number of carbonyl (C=O) groups is 5. The minimum absolute atomic E-state index is 0.00199. The van der Waals surface area contributed by atoms with Crippen molar-refractivity contribution in [3.05, 3.63) is 0 Å². The molecule has 0 saturated carbocycles. The molecule has 0 aromatic heterocycles. The second kappa shape index (κ2) is 10.2. The first-order valence-corrected chi connectivity index (χ1v) is 9.86. The van der Waals surface area contributed by atoms with E-state index in [0.29, 0.717) is 32.4 Å². The molecule has 0 aromatic carbocycles. The van der Waals surface area contributed by atoms with Crippen LogP contribution in [0.15, 0.2) is 0 Å². The number of aliphatic carboxylic acids is 1. The number of carboxylic acids is 1. The van der Waals surface area contributed by atoms with Gasteiger partial charge in [0, 0.05) is 13.0 Å². The summed E-state index contributed by atoms with van der Waals surface area (Å²) in [6.45, 7) is 2.48. The van der Waals surface area contributed by atoms with Crippen LogP contribution in [0.5, 0.6) is 0 Å². The van der Waals surface area contributed by atoms with Crippen LogP contribution in [-0.2, 0) is 24.0 Å². The predicted octanol–water partition coefficient (Wildman–Crippen LogP) is -1.93. The van der Waals surface area contributed by atoms with Gasteiger partial charge in [0.25, 0.3) is 0 Å². The molecule has 0 aromatic rings. The molecule has 0 bridgehead atoms. The average Bonchev–Trinajstić information content (AvgIpc) is 3.35. The SMILES string of the molecule is CC(NC(=O)C(CCC(N)=O)NC(=O)C1CCCN1)C(=O)N1CCCC1C(=O)O. The lowest BCUT2D eigenvalue weighted by Crippen LogP contribution is -2.56. The highest BCUT2D eigenvalue weighted by atomic mass is 16.4. The summed E-state index contributed by atoms with van der Waals surface area (Å²) in [6, 6.07) is -3.30. The van der Waals surface area contributed by atoms with Gasteiger partial charge >= 0.3 is 5.97 Å². The van der Waals surface area contributed by atoms with Gasteiger partial charge in [0.05, 0.1) is 6.04 Å². The Morgan fingerprint density at radius 1 is 1.17 bits per heavy atom. The third-order valence-electron chi connectivity index (χ3n) is 5.24. The number of carboxylic acid groups (broad SMARTS) is 1. The van der Waals surface area contributed by atoms with Crippen molar-refractivity contribution in [2.75, 3.05) is 13.1 Å². The van der Waals surface area contributed by atoms with Crippen molar-refractivity contribution in [2.45, 2.75) is 69.6 Å². The van der Waals surface area contributed by atoms with Crippen LogP contribution in [0.4, 0.5) is 0 Å². The number of likely N-dealkylation sites (tertiary alicyclic amines) is 1. The van der Waals surface area contributed by atoms with Gasteiger partial charge in [-0.1, -0.05) is 0 Å². The lowest BCUT2D eigenvalue weighted by molar-refractivity contribution is -0.149. The molecule has 2 heterocycles. The van der Waals surface area contributed by atoms with E-state index in [4.69, 9.17) is 5.73 Å². The van der Waals surface area contributed by atoms with Gasteiger partial charge in [-0.25, -0.2) is 4.79 Å². The first-order valence-electron chi connectivity index (χ1n) is 9.86. The van der Waals surface area contributed by atoms with E-state index in [-0.39, 0.29) is 18.7 Å². The van der Waals surface area contributed by atoms with Gasteiger partial charge in [-0.15, -0.1) is 0 Å². The summed E-state index contributed by atoms with van der Waals surface area (Å²) in [5.74, 6) is -3.16. The maximum absolute atomic E-state index is 12.7. The zero-order valence-corrected chi connectivity index (χ0v) is 16.5. The molecule has 4 atom stereocenters. The van der Waals surface area contributed by atoms with Crippen LogP contribution in [0.2, 0.25) is 0 Å². The first kappa shape index (κ1) is 22.6. The van der Waals surface area contributed by atoms with Crippen molar-refractivity contribution in [1.29, 1.82) is 0 Å². The highest BCUT2D eigenvalue weighted by Crippen LogP contribution is 2.18. The van der Waals surface area contributed by atoms with Crippen LogP contribution in [-0.4, -0.2) is 76.9 Å². The molecule has 0 aliphatic carbocycles. The highest BCUT2D eigenvalue weighted by Gasteiger charge is 2.37. The molecule has 4 amide bonds. The summed E-state index contributed by atoms with van der Waals surface area (Å²) < 4.78 is 0. The van der Waals surface area contributed by atoms with E-state index in [2.05, 4.69) is 16.0 Å². The van der Waals surface area contributed by atoms with Gasteiger partial charge in [-0.2, -0.15) is 0 Å². The molecule has 4 unspecified atom stereocenters. The number of nitrogens with one attached hydrogen (secondary N) is 3. The second-order valence-electron chi connectivity index (χ2n) is 7.47. The molecule has 6 N–H and O–H groups in total. The Kier molecular flexibility index (Phi) is 7.94. The fraction of sp³-hybridized carbons (Fsp3) is 0.722. The summed E-state index contributed by atoms with van der Waals surface area (Å²) in [5, 5.41) is 17.4. The Hall–Kier alpha value is -2.69. The minimum Gasteiger partial charge on any atom is -0.480 e. The summed E-state index contributed by atoms with van der Waals surface area (Å²) in [5.41, 5.74) is 5.16. The van der Waals surface area contributed by atoms with E-state index in [1.54, 1.807) is 0 Å². The zero-order chi connectivity index (χ0) is 21.6. The monoisotopic (exact) mass is 411 g/mol. The summed E-state index contributed by atoms with van der Waals surface area (Å²) >= 11 is 0. The van der Waals surface area contributed by atoms with Crippen LogP contribution in [0.25, 0.3) is 0 Å². The van der Waals surface area contributed by atoms with Crippen molar-refractivity contribution in [2.24, 2.45) is 5.73 Å². The zero-order valence-electron chi connectivity index (χ0n) is 16.5. The average molecular weight is 411 g/mol. The van der Waals surface area contributed by atoms with Crippen LogP contribution in [0, 0.1) is 0 Å². The van der Waals surface area contributed by atoms with E-state index in [1.807, 2.05) is 0 Å². The lowest BCUT2D eigenvalue weighted by Gasteiger charge is -2.27. The summed E-state index contributed by atoms with van der Waals surface area (Å²) in [7, 11) is 0. The van der Waals surface area contributed by atoms with Gasteiger partial charge in [0.2, 0.25) is 23.6 Å². The van der Waals surface area contributed by atoms with Crippen LogP contribution >= 0.6 is 0 Å². The minimum atomic E-state index is -1.08. The molecular formula is C18H29N5O6. The van der Waals surface area contributed by atoms with Gasteiger partial charge in [0.1, 0.15) is 18.1 Å². The smallest absolute Gasteiger partial charge is 0.326 e. The van der Waals surface area contributed by atoms with Gasteiger partial charge < -0.3 is 31.7 Å². The quantitative estimate of drug-likeness (QED) is 0.294. The third kappa shape index (κ3) is 6.14. The number of carbonyl (C=O) groups excluding carboxylic acids is 4. The van der Waals surface area contributed by atoms with Crippen molar-refractivity contribution in [3.63, 3.8) is 0 Å². The fourth-order valence-corrected chi connectivity index (χ4v) is 3.65. The fourth-order valence-electron chi connectivity index (χ4n) is 3.65. The standard InChI is InChI=1S/C18H29N5O6/c1-10(17(27)23-9-3-5-13(23)18(28)29)21-16(26)12(6-7-14(19)24)22-15(25)11-4-2-8-20-11/h10-13,20H,2-9H2,1H3,(H2,19,24)(H,21,26)(H,22,25)(H,28,29). The number of rotatable bonds is 9. The molecule has 2 rings (SSSR count). The number of hydrogen-bond donors (Lipinski definition) is 5. The van der Waals surface area contributed by atoms with Crippen molar-refractivity contribution < 1.29 is 29.1 Å². The number of nitrogens with two attached hydrogens (primary N) is 1. The molecule has 0 radical (unpaired) electrons. The maximum Gasteiger partial charge on any atom is 0.326 e. The number of nitrogens with zero attached hydrogens (tertiary/aromatic N) is 1. The van der Waals surface area contributed by atoms with Gasteiger partial charge in [0.15, 0.2) is 0 Å². The molecule has 29 heavy (non-hydrogen) atoms. The van der Waals surface area contributed by atoms with Crippen LogP contribution in [0.1, 0.15) is 45.4 Å². The highest BCUT2D eigenvalue weighted by molar-refractivity contribution is 5.94. The number of hydrogen-bond acceptors (Lipinski definition) is 6. The molecule has 2 aliphatic rings. The van der Waals surface area contributed by atoms with Crippen molar-refractivity contribution in [1.82, 2.24) is 20.9 Å². The Bertz CT molecular complexity index is 663. The third-order valence-corrected chi connectivity index (χ3v) is 5.24. The largest absolute Gasteiger partial charge is 0.480 e. The lowest BCUT2D eigenvalue weighted by atomic mass is 10.1. The van der Waals surface area contributed by atoms with Gasteiger partial charge in [-0.3, -0.25) is 19.2 Å². The van der Waals surface area contributed by atoms with Crippen molar-refractivity contribution >= 4 is 29.6 Å². The van der Waals surface area contributed by atoms with E-state index < -0.39 is 47.9 Å². The van der Waals surface area contributed by atoms with E-state index >= 15 is 0 Å². The summed E-state index contributed by atoms with van der Waals surface area (Å²) in [6.07, 6.45) is 2.34. The normalized spacial score (nSPS) is 23.3. The molecule has 2 aliphatic heterocycles. The van der Waals surface area contributed by atoms with Crippen LogP contribution in [0.3, 0.4) is 0 Å². The van der Waals surface area contributed by atoms with E-state index in [0.717, 1.165) is 6.42 Å². The number of amides is 4. The predicted molar refractivity (Wildman–Crippen MR) is 101 cm³/mol. The molecular weight excluding hydrogens is 382 g/mol. The van der Waals surface area contributed by atoms with Gasteiger partial charge in [-0.05, 0) is 45.6 Å². The first-order chi connectivity index (χ1) is 13.7. The maximum atomic E-state index is 12.7. The molecule has 0 spiro atoms. The topological polar surface area (TPSA) is 171 Å². The summed E-state index contributed by atoms with van der Waals surface area (Å²) in [4.78, 5) is 61.3.